The van der Waals surface area contributed by atoms with Gasteiger partial charge >= 0.3 is 0 Å². The molecule has 31 heavy (non-hydrogen) atoms. The number of carbonyl (C=O) groups excluding carboxylic acids is 2. The molecule has 1 aliphatic rings. The highest BCUT2D eigenvalue weighted by atomic mass is 32.2. The second kappa shape index (κ2) is 8.40. The monoisotopic (exact) mass is 465 g/mol. The summed E-state index contributed by atoms with van der Waals surface area (Å²) >= 11 is 0. The topological polar surface area (TPSA) is 121 Å². The fourth-order valence-electron chi connectivity index (χ4n) is 3.38. The normalized spacial score (nSPS) is 15.2. The van der Waals surface area contributed by atoms with Crippen molar-refractivity contribution in [2.45, 2.75) is 30.6 Å². The first kappa shape index (κ1) is 22.9. The van der Waals surface area contributed by atoms with Crippen LogP contribution in [0.5, 0.6) is 0 Å². The molecule has 0 aliphatic carbocycles. The van der Waals surface area contributed by atoms with Crippen molar-refractivity contribution in [2.24, 2.45) is 0 Å². The van der Waals surface area contributed by atoms with Crippen molar-refractivity contribution in [3.8, 4) is 0 Å². The molecule has 1 heterocycles. The highest BCUT2D eigenvalue weighted by molar-refractivity contribution is 7.90. The number of anilines is 1. The summed E-state index contributed by atoms with van der Waals surface area (Å²) in [5.74, 6) is -1.54. The maximum Gasteiger partial charge on any atom is 0.269 e. The third kappa shape index (κ3) is 4.08. The van der Waals surface area contributed by atoms with Crippen LogP contribution in [0.25, 0.3) is 0 Å². The van der Waals surface area contributed by atoms with E-state index in [1.807, 2.05) is 0 Å². The van der Waals surface area contributed by atoms with Crippen molar-refractivity contribution >= 4 is 37.5 Å². The molecule has 0 unspecified atom stereocenters. The number of rotatable bonds is 7. The minimum Gasteiger partial charge on any atom is -0.324 e. The lowest BCUT2D eigenvalue weighted by Gasteiger charge is -2.20. The summed E-state index contributed by atoms with van der Waals surface area (Å²) in [7, 11) is -7.87. The van der Waals surface area contributed by atoms with Gasteiger partial charge in [-0.3, -0.25) is 9.59 Å². The number of nitrogens with zero attached hydrogens (tertiary/aromatic N) is 2. The predicted molar refractivity (Wildman–Crippen MR) is 115 cm³/mol. The standard InChI is InChI=1S/C20H23N3O6S2/c1-4-22(5-2)30(26,27)18-12-15(11-10-14(18)3)21-19(24)13-23-20(25)16-8-6-7-9-17(16)31(23,28)29/h6-12H,4-5,13H2,1-3H3,(H,21,24). The van der Waals surface area contributed by atoms with Crippen molar-refractivity contribution in [1.82, 2.24) is 8.61 Å². The minimum atomic E-state index is -4.12. The Balaban J connectivity index is 1.83. The van der Waals surface area contributed by atoms with E-state index in [9.17, 15) is 26.4 Å². The van der Waals surface area contributed by atoms with Gasteiger partial charge in [0, 0.05) is 18.8 Å². The van der Waals surface area contributed by atoms with E-state index in [1.165, 1.54) is 34.6 Å². The van der Waals surface area contributed by atoms with E-state index < -0.39 is 38.4 Å². The molecule has 1 aliphatic heterocycles. The molecule has 0 saturated carbocycles. The van der Waals surface area contributed by atoms with Crippen LogP contribution < -0.4 is 5.32 Å². The second-order valence-corrected chi connectivity index (χ2v) is 10.7. The Kier molecular flexibility index (Phi) is 6.21. The maximum absolute atomic E-state index is 12.9. The molecule has 0 fully saturated rings. The van der Waals surface area contributed by atoms with Crippen molar-refractivity contribution in [1.29, 1.82) is 0 Å². The third-order valence-electron chi connectivity index (χ3n) is 4.99. The molecular weight excluding hydrogens is 442 g/mol. The molecule has 11 heteroatoms. The molecule has 2 amide bonds. The van der Waals surface area contributed by atoms with Crippen LogP contribution in [0.3, 0.4) is 0 Å². The fourth-order valence-corrected chi connectivity index (χ4v) is 6.61. The Labute approximate surface area is 181 Å². The first-order valence-electron chi connectivity index (χ1n) is 9.60. The largest absolute Gasteiger partial charge is 0.324 e. The molecule has 9 nitrogen and oxygen atoms in total. The van der Waals surface area contributed by atoms with Crippen molar-refractivity contribution in [3.63, 3.8) is 0 Å². The lowest BCUT2D eigenvalue weighted by Crippen LogP contribution is -2.37. The van der Waals surface area contributed by atoms with E-state index in [0.717, 1.165) is 0 Å². The lowest BCUT2D eigenvalue weighted by molar-refractivity contribution is -0.116. The quantitative estimate of drug-likeness (QED) is 0.666. The summed E-state index contributed by atoms with van der Waals surface area (Å²) in [4.78, 5) is 24.9. The van der Waals surface area contributed by atoms with E-state index in [-0.39, 0.29) is 21.0 Å². The summed E-state index contributed by atoms with van der Waals surface area (Å²) in [5.41, 5.74) is 0.707. The van der Waals surface area contributed by atoms with Gasteiger partial charge in [-0.1, -0.05) is 32.0 Å². The number of nitrogens with one attached hydrogen (secondary N) is 1. The van der Waals surface area contributed by atoms with Crippen LogP contribution in [0.15, 0.2) is 52.3 Å². The van der Waals surface area contributed by atoms with Crippen molar-refractivity contribution in [3.05, 3.63) is 53.6 Å². The lowest BCUT2D eigenvalue weighted by atomic mass is 10.2. The number of benzene rings is 2. The summed E-state index contributed by atoms with van der Waals surface area (Å²) in [6.45, 7) is 4.98. The molecule has 2 aromatic rings. The average Bonchev–Trinajstić information content (AvgIpc) is 2.91. The Morgan fingerprint density at radius 1 is 1.10 bits per heavy atom. The van der Waals surface area contributed by atoms with Gasteiger partial charge in [-0.2, -0.15) is 4.31 Å². The van der Waals surface area contributed by atoms with Crippen LogP contribution in [-0.2, 0) is 24.8 Å². The number of fused-ring (bicyclic) bond motifs is 1. The molecule has 0 spiro atoms. The molecule has 0 saturated heterocycles. The van der Waals surface area contributed by atoms with E-state index >= 15 is 0 Å². The first-order chi connectivity index (χ1) is 14.5. The summed E-state index contributed by atoms with van der Waals surface area (Å²) in [6.07, 6.45) is 0. The Bertz CT molecular complexity index is 1250. The minimum absolute atomic E-state index is 0.0123. The van der Waals surface area contributed by atoms with E-state index in [2.05, 4.69) is 5.32 Å². The average molecular weight is 466 g/mol. The first-order valence-corrected chi connectivity index (χ1v) is 12.5. The van der Waals surface area contributed by atoms with Gasteiger partial charge in [-0.15, -0.1) is 0 Å². The number of sulfonamides is 2. The van der Waals surface area contributed by atoms with Gasteiger partial charge in [0.2, 0.25) is 15.9 Å². The fraction of sp³-hybridized carbons (Fsp3) is 0.300. The molecule has 1 N–H and O–H groups in total. The highest BCUT2D eigenvalue weighted by Gasteiger charge is 2.41. The molecule has 2 aromatic carbocycles. The number of aryl methyl sites for hydroxylation is 1. The van der Waals surface area contributed by atoms with E-state index in [4.69, 9.17) is 0 Å². The van der Waals surface area contributed by atoms with Crippen LogP contribution >= 0.6 is 0 Å². The third-order valence-corrected chi connectivity index (χ3v) is 8.97. The number of hydrogen-bond donors (Lipinski definition) is 1. The number of amides is 2. The number of hydrogen-bond acceptors (Lipinski definition) is 6. The Morgan fingerprint density at radius 2 is 1.74 bits per heavy atom. The zero-order chi connectivity index (χ0) is 23.0. The molecule has 166 valence electrons. The zero-order valence-electron chi connectivity index (χ0n) is 17.3. The summed E-state index contributed by atoms with van der Waals surface area (Å²) < 4.78 is 52.7. The molecule has 0 aromatic heterocycles. The zero-order valence-corrected chi connectivity index (χ0v) is 19.0. The van der Waals surface area contributed by atoms with Crippen LogP contribution in [0, 0.1) is 6.92 Å². The van der Waals surface area contributed by atoms with Gasteiger partial charge in [-0.25, -0.2) is 21.1 Å². The summed E-state index contributed by atoms with van der Waals surface area (Å²) in [5, 5.41) is 2.49. The van der Waals surface area contributed by atoms with Gasteiger partial charge in [0.1, 0.15) is 11.4 Å². The van der Waals surface area contributed by atoms with E-state index in [0.29, 0.717) is 23.0 Å². The van der Waals surface area contributed by atoms with Crippen LogP contribution in [0.4, 0.5) is 5.69 Å². The smallest absolute Gasteiger partial charge is 0.269 e. The van der Waals surface area contributed by atoms with Gasteiger partial charge in [0.15, 0.2) is 0 Å². The molecule has 0 radical (unpaired) electrons. The Morgan fingerprint density at radius 3 is 2.35 bits per heavy atom. The predicted octanol–water partition coefficient (Wildman–Crippen LogP) is 1.81. The molecule has 0 atom stereocenters. The SMILES string of the molecule is CCN(CC)S(=O)(=O)c1cc(NC(=O)CN2C(=O)c3ccccc3S2(=O)=O)ccc1C. The number of carbonyl (C=O) groups is 2. The molecule has 0 bridgehead atoms. The van der Waals surface area contributed by atoms with Crippen LogP contribution in [0.2, 0.25) is 0 Å². The Hall–Kier alpha value is -2.76. The summed E-state index contributed by atoms with van der Waals surface area (Å²) in [6, 6.07) is 10.1. The van der Waals surface area contributed by atoms with Gasteiger partial charge < -0.3 is 5.32 Å². The van der Waals surface area contributed by atoms with E-state index in [1.54, 1.807) is 32.9 Å². The van der Waals surface area contributed by atoms with Crippen LogP contribution in [0.1, 0.15) is 29.8 Å². The van der Waals surface area contributed by atoms with Gasteiger partial charge in [0.25, 0.3) is 15.9 Å². The molecule has 3 rings (SSSR count). The van der Waals surface area contributed by atoms with Gasteiger partial charge in [-0.05, 0) is 36.8 Å². The molecular formula is C20H23N3O6S2. The van der Waals surface area contributed by atoms with Crippen molar-refractivity contribution < 1.29 is 26.4 Å². The van der Waals surface area contributed by atoms with Gasteiger partial charge in [0.05, 0.1) is 10.5 Å². The van der Waals surface area contributed by atoms with Crippen molar-refractivity contribution in [2.75, 3.05) is 25.0 Å². The highest BCUT2D eigenvalue weighted by Crippen LogP contribution is 2.30. The van der Waals surface area contributed by atoms with Crippen LogP contribution in [-0.4, -0.2) is 56.9 Å². The second-order valence-electron chi connectivity index (χ2n) is 6.93. The maximum atomic E-state index is 12.9.